The zero-order valence-electron chi connectivity index (χ0n) is 56.2. The van der Waals surface area contributed by atoms with Gasteiger partial charge in [-0.3, -0.25) is 9.59 Å². The fourth-order valence-corrected chi connectivity index (χ4v) is 13.5. The maximum Gasteiger partial charge on any atom is 0.217 e. The molecule has 616 valence electrons. The van der Waals surface area contributed by atoms with E-state index >= 15 is 0 Å². The van der Waals surface area contributed by atoms with Crippen molar-refractivity contribution in [3.8, 4) is 0 Å². The minimum atomic E-state index is -2.61. The molecule has 45 atom stereocenters. The largest absolute Gasteiger partial charge is 0.394 e. The van der Waals surface area contributed by atoms with E-state index in [1.54, 1.807) is 0 Å². The number of nitrogens with one attached hydrogen (secondary N) is 2. The summed E-state index contributed by atoms with van der Waals surface area (Å²) in [6.45, 7) is -7.77. The Bertz CT molecular complexity index is 2710. The van der Waals surface area contributed by atoms with Crippen LogP contribution in [0.25, 0.3) is 0 Å². The summed E-state index contributed by atoms with van der Waals surface area (Å²) in [7, 11) is 0. The van der Waals surface area contributed by atoms with Crippen molar-refractivity contribution in [3.63, 3.8) is 0 Å². The molecule has 0 unspecified atom stereocenters. The number of aliphatic hydroxyl groups excluding tert-OH is 27. The topological polar surface area (TPSA) is 761 Å². The van der Waals surface area contributed by atoms with E-state index in [1.807, 2.05) is 0 Å². The first kappa shape index (κ1) is 87.2. The van der Waals surface area contributed by atoms with Crippen molar-refractivity contribution < 1.29 is 228 Å². The number of amides is 2. The Hall–Kier alpha value is -2.82. The van der Waals surface area contributed by atoms with E-state index in [1.165, 1.54) is 0 Å². The van der Waals surface area contributed by atoms with Gasteiger partial charge in [0.25, 0.3) is 0 Å². The second-order valence-corrected chi connectivity index (χ2v) is 26.7. The summed E-state index contributed by atoms with van der Waals surface area (Å²) in [5.41, 5.74) is 0. The first-order valence-electron chi connectivity index (χ1n) is 33.7. The lowest BCUT2D eigenvalue weighted by molar-refractivity contribution is -0.410. The van der Waals surface area contributed by atoms with Crippen molar-refractivity contribution in [2.45, 2.75) is 290 Å². The zero-order chi connectivity index (χ0) is 77.9. The van der Waals surface area contributed by atoms with Crippen LogP contribution in [-0.4, -0.2) is 485 Å². The Kier molecular flexibility index (Phi) is 31.1. The first-order valence-corrected chi connectivity index (χ1v) is 33.7. The molecule has 106 heavy (non-hydrogen) atoms. The van der Waals surface area contributed by atoms with Gasteiger partial charge in [-0.15, -0.1) is 0 Å². The third kappa shape index (κ3) is 18.7. The molecule has 0 aromatic rings. The molecule has 0 aromatic heterocycles. The fraction of sp³-hybridized carbons (Fsp3) is 0.966. The number of hydrogen-bond donors (Lipinski definition) is 29. The molecule has 48 heteroatoms. The molecule has 48 nitrogen and oxygen atoms in total. The molecule has 0 spiro atoms. The molecule has 2 amide bonds. The molecule has 9 saturated heterocycles. The van der Waals surface area contributed by atoms with Crippen molar-refractivity contribution >= 4 is 11.8 Å². The van der Waals surface area contributed by atoms with Crippen LogP contribution in [0, 0.1) is 0 Å². The Morgan fingerprint density at radius 3 is 0.962 bits per heavy atom. The van der Waals surface area contributed by atoms with E-state index in [-0.39, 0.29) is 0 Å². The van der Waals surface area contributed by atoms with Gasteiger partial charge in [0.2, 0.25) is 11.8 Å². The third-order valence-electron chi connectivity index (χ3n) is 19.5. The predicted molar refractivity (Wildman–Crippen MR) is 320 cm³/mol. The summed E-state index contributed by atoms with van der Waals surface area (Å²) >= 11 is 0. The highest BCUT2D eigenvalue weighted by atomic mass is 16.8. The summed E-state index contributed by atoms with van der Waals surface area (Å²) in [5.74, 6) is -1.72. The lowest BCUT2D eigenvalue weighted by Crippen LogP contribution is -2.70. The van der Waals surface area contributed by atoms with Gasteiger partial charge in [0.05, 0.1) is 59.5 Å². The van der Waals surface area contributed by atoms with E-state index in [0.717, 1.165) is 13.8 Å². The van der Waals surface area contributed by atoms with Crippen LogP contribution in [0.2, 0.25) is 0 Å². The molecule has 29 N–H and O–H groups in total. The smallest absolute Gasteiger partial charge is 0.217 e. The molecule has 0 radical (unpaired) electrons. The average Bonchev–Trinajstić information content (AvgIpc) is 0.771. The van der Waals surface area contributed by atoms with E-state index < -0.39 is 348 Å². The number of carbonyl (C=O) groups is 2. The number of ether oxygens (including phenoxy) is 17. The molecular weight excluding hydrogens is 1460 g/mol. The van der Waals surface area contributed by atoms with Crippen molar-refractivity contribution in [1.29, 1.82) is 0 Å². The summed E-state index contributed by atoms with van der Waals surface area (Å²) in [6.07, 6.45) is -91.5. The van der Waals surface area contributed by atoms with Crippen LogP contribution >= 0.6 is 0 Å². The normalized spacial score (nSPS) is 51.2. The molecule has 9 aliphatic rings. The highest BCUT2D eigenvalue weighted by molar-refractivity contribution is 5.73. The fourth-order valence-electron chi connectivity index (χ4n) is 13.5. The summed E-state index contributed by atoms with van der Waals surface area (Å²) in [5, 5.41) is 302. The lowest BCUT2D eigenvalue weighted by Gasteiger charge is -2.51. The van der Waals surface area contributed by atoms with Crippen LogP contribution in [0.15, 0.2) is 0 Å². The minimum absolute atomic E-state index is 0.785. The number of rotatable bonds is 27. The molecule has 0 bridgehead atoms. The first-order chi connectivity index (χ1) is 50.2. The van der Waals surface area contributed by atoms with Crippen molar-refractivity contribution in [1.82, 2.24) is 10.6 Å². The monoisotopic (exact) mass is 1560 g/mol. The molecule has 9 aliphatic heterocycles. The Labute approximate surface area is 598 Å². The van der Waals surface area contributed by atoms with E-state index in [9.17, 15) is 147 Å². The molecule has 0 saturated carbocycles. The van der Waals surface area contributed by atoms with Crippen LogP contribution in [-0.2, 0) is 90.1 Å². The zero-order valence-corrected chi connectivity index (χ0v) is 56.2. The van der Waals surface area contributed by atoms with Gasteiger partial charge in [0.15, 0.2) is 56.6 Å². The van der Waals surface area contributed by atoms with Gasteiger partial charge in [0, 0.05) is 13.8 Å². The van der Waals surface area contributed by atoms with Gasteiger partial charge in [-0.25, -0.2) is 0 Å². The van der Waals surface area contributed by atoms with Crippen LogP contribution in [0.5, 0.6) is 0 Å². The van der Waals surface area contributed by atoms with E-state index in [2.05, 4.69) is 10.6 Å². The van der Waals surface area contributed by atoms with Crippen LogP contribution < -0.4 is 10.6 Å². The third-order valence-corrected chi connectivity index (χ3v) is 19.5. The number of hydrogen-bond acceptors (Lipinski definition) is 46. The molecule has 9 rings (SSSR count). The SMILES string of the molecule is CC(=O)N[C@@H]1[C@@H](O)[C@H](O[C@@H]2O[C@H](CO)[C@@H](O[C@@H]3O[C@H](CO[C@H]4O[C@H](CO)[C@@H](O)[C@H](O)[C@@H]4O)[C@@H](O)[C@H](O[C@H]4O[C@H](CO[C@H]5O[C@H](CO)[C@@H](O)[C@H](O)[C@@H]5O[C@H]5O[C@H](CO)[C@@H](O)[C@H](O)[C@@H]5O)[C@@H](O)[C@H](O)[C@@H]4O[C@H]4O[C@H](CO)[C@@H](O)[C@H](O)[C@@H]4O[C@H]4O[C@H](CO)[C@@H](O)[C@H](O)[C@@H]4O)[C@@H]3O)[C@H](O)[C@H]2NC(C)=O)[C@@H](CO)O[C@H]1O. The van der Waals surface area contributed by atoms with Crippen LogP contribution in [0.1, 0.15) is 13.8 Å². The van der Waals surface area contributed by atoms with E-state index in [4.69, 9.17) is 80.5 Å². The summed E-state index contributed by atoms with van der Waals surface area (Å²) in [4.78, 5) is 25.0. The Morgan fingerprint density at radius 2 is 0.519 bits per heavy atom. The lowest BCUT2D eigenvalue weighted by atomic mass is 9.94. The maximum atomic E-state index is 12.9. The van der Waals surface area contributed by atoms with Gasteiger partial charge in [0.1, 0.15) is 220 Å². The molecule has 9 fully saturated rings. The minimum Gasteiger partial charge on any atom is -0.394 e. The van der Waals surface area contributed by atoms with Gasteiger partial charge in [-0.2, -0.15) is 0 Å². The van der Waals surface area contributed by atoms with Crippen molar-refractivity contribution in [2.24, 2.45) is 0 Å². The predicted octanol–water partition coefficient (Wildman–Crippen LogP) is -20.3. The van der Waals surface area contributed by atoms with Crippen LogP contribution in [0.4, 0.5) is 0 Å². The second-order valence-electron chi connectivity index (χ2n) is 26.7. The van der Waals surface area contributed by atoms with Crippen molar-refractivity contribution in [3.05, 3.63) is 0 Å². The molecule has 9 heterocycles. The Balaban J connectivity index is 1.08. The molecular formula is C58H98N2O46. The molecule has 0 aromatic carbocycles. The van der Waals surface area contributed by atoms with E-state index in [0.29, 0.717) is 0 Å². The quantitative estimate of drug-likeness (QED) is 0.0363. The summed E-state index contributed by atoms with van der Waals surface area (Å²) < 4.78 is 99.3. The summed E-state index contributed by atoms with van der Waals surface area (Å²) in [6, 6.07) is -3.56. The van der Waals surface area contributed by atoms with Gasteiger partial charge in [-0.05, 0) is 0 Å². The van der Waals surface area contributed by atoms with Crippen LogP contribution in [0.3, 0.4) is 0 Å². The van der Waals surface area contributed by atoms with Crippen molar-refractivity contribution in [2.75, 3.05) is 59.5 Å². The highest BCUT2D eigenvalue weighted by Crippen LogP contribution is 2.40. The maximum absolute atomic E-state index is 12.9. The average molecular weight is 1560 g/mol. The second kappa shape index (κ2) is 37.9. The van der Waals surface area contributed by atoms with Gasteiger partial charge >= 0.3 is 0 Å². The standard InChI is InChI=1S/C58H98N2O46/c1-12(68)59-23-32(77)44(19(8-66)92-50(23)89)101-51-24(60-13(2)69)33(78)45(20(9-67)98-51)102-55-43(88)46(31(76)22(99-55)11-90-52-40(85)34(79)25(70)14(3-61)93-52)103-58-49(106-57-48(38(83)29(74)18(7-65)97-57)105-54-42(87)36(81)27(72)16(5-63)95-54)39(84)30(75)21(100-58)10-91-56-47(37(82)28(73)17(6-64)96-56)104-53-41(86)35(80)26(71)15(4-62)94-53/h14-58,61-67,70-89H,3-11H2,1-2H3,(H,59,68)(H,60,69)/t14-,15-,16-,17-,18-,19-,20-,21-,22-,23-,24-,25-,26-,27-,28-,29-,30-,31-,32-,33-,34+,35+,36+,37+,38+,39+,40+,41+,42+,43+,44-,45-,46+,47+,48+,49+,50-,51+,52+,53-,54-,55+,56+,57-,58-/m1/s1. The highest BCUT2D eigenvalue weighted by Gasteiger charge is 2.61. The molecule has 0 aliphatic carbocycles. The Morgan fingerprint density at radius 1 is 0.245 bits per heavy atom. The van der Waals surface area contributed by atoms with Gasteiger partial charge in [-0.1, -0.05) is 0 Å². The number of carbonyl (C=O) groups excluding carboxylic acids is 2. The number of aliphatic hydroxyl groups is 27. The van der Waals surface area contributed by atoms with Gasteiger partial charge < -0.3 is 229 Å².